The van der Waals surface area contributed by atoms with E-state index in [1.807, 2.05) is 0 Å². The molecule has 0 radical (unpaired) electrons. The smallest absolute Gasteiger partial charge is 0.434 e. The summed E-state index contributed by atoms with van der Waals surface area (Å²) < 4.78 is 9.69. The highest BCUT2D eigenvalue weighted by Crippen LogP contribution is 2.29. The highest BCUT2D eigenvalue weighted by Gasteiger charge is 2.32. The van der Waals surface area contributed by atoms with Crippen LogP contribution in [0.1, 0.15) is 43.0 Å². The van der Waals surface area contributed by atoms with Gasteiger partial charge in [0.15, 0.2) is 0 Å². The van der Waals surface area contributed by atoms with E-state index in [1.54, 1.807) is 36.1 Å². The van der Waals surface area contributed by atoms with Crippen molar-refractivity contribution in [2.75, 3.05) is 19.7 Å². The molecule has 140 valence electrons. The molecule has 1 aromatic rings. The van der Waals surface area contributed by atoms with Gasteiger partial charge in [-0.2, -0.15) is 0 Å². The quantitative estimate of drug-likeness (QED) is 0.644. The summed E-state index contributed by atoms with van der Waals surface area (Å²) in [7, 11) is 0. The fourth-order valence-electron chi connectivity index (χ4n) is 2.98. The summed E-state index contributed by atoms with van der Waals surface area (Å²) in [6.07, 6.45) is 2.78. The van der Waals surface area contributed by atoms with Crippen LogP contribution in [0.2, 0.25) is 0 Å². The Balaban J connectivity index is 1.48. The third-order valence-corrected chi connectivity index (χ3v) is 4.64. The summed E-state index contributed by atoms with van der Waals surface area (Å²) in [4.78, 5) is 37.5. The van der Waals surface area contributed by atoms with Gasteiger partial charge < -0.3 is 19.7 Å². The van der Waals surface area contributed by atoms with Gasteiger partial charge in [0, 0.05) is 30.6 Å². The Morgan fingerprint density at radius 2 is 1.73 bits per heavy atom. The monoisotopic (exact) mass is 360 g/mol. The van der Waals surface area contributed by atoms with Crippen LogP contribution in [0.15, 0.2) is 24.3 Å². The zero-order valence-corrected chi connectivity index (χ0v) is 14.9. The van der Waals surface area contributed by atoms with E-state index in [9.17, 15) is 14.4 Å². The van der Waals surface area contributed by atoms with Crippen LogP contribution in [0, 0.1) is 5.92 Å². The van der Waals surface area contributed by atoms with Crippen LogP contribution in [-0.4, -0.2) is 48.6 Å². The van der Waals surface area contributed by atoms with Crippen LogP contribution in [0.5, 0.6) is 5.75 Å². The average molecular weight is 360 g/mol. The molecule has 2 amide bonds. The van der Waals surface area contributed by atoms with Gasteiger partial charge in [0.2, 0.25) is 5.91 Å². The van der Waals surface area contributed by atoms with Crippen molar-refractivity contribution in [3.05, 3.63) is 29.8 Å². The molecule has 7 nitrogen and oxygen atoms in total. The Morgan fingerprint density at radius 3 is 2.31 bits per heavy atom. The van der Waals surface area contributed by atoms with E-state index in [1.165, 1.54) is 0 Å². The third-order valence-electron chi connectivity index (χ3n) is 4.64. The van der Waals surface area contributed by atoms with Gasteiger partial charge in [-0.15, -0.1) is 0 Å². The van der Waals surface area contributed by atoms with Crippen molar-refractivity contribution in [1.82, 2.24) is 10.2 Å². The minimum atomic E-state index is -0.762. The molecule has 26 heavy (non-hydrogen) atoms. The van der Waals surface area contributed by atoms with Crippen LogP contribution in [0.3, 0.4) is 0 Å². The predicted octanol–water partition coefficient (Wildman–Crippen LogP) is 2.35. The molecule has 1 saturated heterocycles. The number of ether oxygens (including phenoxy) is 2. The lowest BCUT2D eigenvalue weighted by atomic mass is 10.0. The number of benzene rings is 1. The van der Waals surface area contributed by atoms with Gasteiger partial charge in [0.05, 0.1) is 6.61 Å². The van der Waals surface area contributed by atoms with Gasteiger partial charge in [-0.25, -0.2) is 4.79 Å². The normalized spacial score (nSPS) is 17.5. The molecule has 3 rings (SSSR count). The Morgan fingerprint density at radius 1 is 1.08 bits per heavy atom. The van der Waals surface area contributed by atoms with E-state index in [4.69, 9.17) is 9.47 Å². The van der Waals surface area contributed by atoms with Gasteiger partial charge in [0.1, 0.15) is 5.75 Å². The second kappa shape index (κ2) is 8.21. The molecule has 7 heteroatoms. The summed E-state index contributed by atoms with van der Waals surface area (Å²) in [6.45, 7) is 3.18. The van der Waals surface area contributed by atoms with Crippen LogP contribution in [0.25, 0.3) is 0 Å². The zero-order valence-electron chi connectivity index (χ0n) is 14.9. The fourth-order valence-corrected chi connectivity index (χ4v) is 2.98. The average Bonchev–Trinajstić information content (AvgIpc) is 3.48. The first kappa shape index (κ1) is 18.2. The minimum Gasteiger partial charge on any atom is -0.434 e. The number of nitrogens with zero attached hydrogens (tertiary/aromatic N) is 1. The Hall–Kier alpha value is -2.57. The molecule has 1 N–H and O–H groups in total. The summed E-state index contributed by atoms with van der Waals surface area (Å²) in [5.74, 6) is 0.651. The largest absolute Gasteiger partial charge is 0.513 e. The van der Waals surface area contributed by atoms with Crippen LogP contribution in [0.4, 0.5) is 4.79 Å². The number of piperidine rings is 1. The summed E-state index contributed by atoms with van der Waals surface area (Å²) in [5.41, 5.74) is 0.543. The number of carbonyl (C=O) groups excluding carboxylic acids is 3. The summed E-state index contributed by atoms with van der Waals surface area (Å²) in [5, 5.41) is 3.08. The lowest BCUT2D eigenvalue weighted by Gasteiger charge is -2.32. The number of carbonyl (C=O) groups is 3. The Kier molecular flexibility index (Phi) is 5.75. The molecule has 1 aliphatic heterocycles. The third kappa shape index (κ3) is 4.74. The SMILES string of the molecule is CCOC(=O)Oc1ccc(C(=O)N2CCC(NC(=O)C3CC3)CC2)cc1. The molecule has 1 heterocycles. The molecule has 0 bridgehead atoms. The predicted molar refractivity (Wildman–Crippen MR) is 93.9 cm³/mol. The molecule has 1 aliphatic carbocycles. The highest BCUT2D eigenvalue weighted by atomic mass is 16.7. The van der Waals surface area contributed by atoms with Crippen molar-refractivity contribution >= 4 is 18.0 Å². The van der Waals surface area contributed by atoms with E-state index in [0.29, 0.717) is 24.4 Å². The van der Waals surface area contributed by atoms with E-state index in [2.05, 4.69) is 5.32 Å². The van der Waals surface area contributed by atoms with Gasteiger partial charge in [-0.05, 0) is 56.9 Å². The lowest BCUT2D eigenvalue weighted by Crippen LogP contribution is -2.46. The maximum Gasteiger partial charge on any atom is 0.513 e. The van der Waals surface area contributed by atoms with Crippen molar-refractivity contribution < 1.29 is 23.9 Å². The van der Waals surface area contributed by atoms with Gasteiger partial charge in [-0.1, -0.05) is 0 Å². The number of rotatable bonds is 5. The number of likely N-dealkylation sites (tertiary alicyclic amines) is 1. The first-order valence-electron chi connectivity index (χ1n) is 9.11. The first-order valence-corrected chi connectivity index (χ1v) is 9.11. The second-order valence-corrected chi connectivity index (χ2v) is 6.66. The lowest BCUT2D eigenvalue weighted by molar-refractivity contribution is -0.123. The molecule has 2 fully saturated rings. The van der Waals surface area contributed by atoms with Crippen LogP contribution in [-0.2, 0) is 9.53 Å². The van der Waals surface area contributed by atoms with Crippen LogP contribution < -0.4 is 10.1 Å². The topological polar surface area (TPSA) is 84.9 Å². The zero-order chi connectivity index (χ0) is 18.5. The number of amides is 2. The maximum atomic E-state index is 12.6. The van der Waals surface area contributed by atoms with E-state index >= 15 is 0 Å². The second-order valence-electron chi connectivity index (χ2n) is 6.66. The van der Waals surface area contributed by atoms with Crippen molar-refractivity contribution in [2.45, 2.75) is 38.6 Å². The standard InChI is InChI=1S/C19H24N2O5/c1-2-25-19(24)26-16-7-5-14(6-8-16)18(23)21-11-9-15(10-12-21)20-17(22)13-3-4-13/h5-8,13,15H,2-4,9-12H2,1H3,(H,20,22). The summed E-state index contributed by atoms with van der Waals surface area (Å²) >= 11 is 0. The molecule has 2 aliphatic rings. The molecule has 0 atom stereocenters. The Labute approximate surface area is 152 Å². The molecular weight excluding hydrogens is 336 g/mol. The molecule has 0 aromatic heterocycles. The van der Waals surface area contributed by atoms with Crippen LogP contribution >= 0.6 is 0 Å². The molecule has 0 unspecified atom stereocenters. The molecule has 0 spiro atoms. The van der Waals surface area contributed by atoms with Crippen molar-refractivity contribution in [2.24, 2.45) is 5.92 Å². The van der Waals surface area contributed by atoms with Crippen molar-refractivity contribution in [3.8, 4) is 5.75 Å². The fraction of sp³-hybridized carbons (Fsp3) is 0.526. The molecule has 1 saturated carbocycles. The van der Waals surface area contributed by atoms with E-state index < -0.39 is 6.16 Å². The maximum absolute atomic E-state index is 12.6. The highest BCUT2D eigenvalue weighted by molar-refractivity contribution is 5.94. The van der Waals surface area contributed by atoms with Crippen molar-refractivity contribution in [3.63, 3.8) is 0 Å². The molecule has 1 aromatic carbocycles. The minimum absolute atomic E-state index is 0.0559. The Bertz CT molecular complexity index is 661. The number of hydrogen-bond donors (Lipinski definition) is 1. The van der Waals surface area contributed by atoms with Gasteiger partial charge >= 0.3 is 6.16 Å². The van der Waals surface area contributed by atoms with E-state index in [0.717, 1.165) is 25.7 Å². The van der Waals surface area contributed by atoms with Gasteiger partial charge in [0.25, 0.3) is 5.91 Å². The number of hydrogen-bond acceptors (Lipinski definition) is 5. The van der Waals surface area contributed by atoms with Gasteiger partial charge in [-0.3, -0.25) is 9.59 Å². The van der Waals surface area contributed by atoms with Crippen molar-refractivity contribution in [1.29, 1.82) is 0 Å². The first-order chi connectivity index (χ1) is 12.6. The van der Waals surface area contributed by atoms with E-state index in [-0.39, 0.29) is 30.4 Å². The summed E-state index contributed by atoms with van der Waals surface area (Å²) in [6, 6.07) is 6.59. The number of nitrogens with one attached hydrogen (secondary N) is 1. The molecular formula is C19H24N2O5.